The van der Waals surface area contributed by atoms with Crippen LogP contribution in [0.1, 0.15) is 34.6 Å². The van der Waals surface area contributed by atoms with Crippen LogP contribution in [0.5, 0.6) is 0 Å². The third kappa shape index (κ3) is 4.29. The zero-order valence-corrected chi connectivity index (χ0v) is 11.4. The van der Waals surface area contributed by atoms with Crippen LogP contribution >= 0.6 is 11.6 Å². The van der Waals surface area contributed by atoms with E-state index in [1.165, 1.54) is 0 Å². The van der Waals surface area contributed by atoms with E-state index in [-0.39, 0.29) is 11.2 Å². The molecule has 0 N–H and O–H groups in total. The molecule has 15 heavy (non-hydrogen) atoms. The van der Waals surface area contributed by atoms with Gasteiger partial charge in [-0.1, -0.05) is 6.92 Å². The lowest BCUT2D eigenvalue weighted by molar-refractivity contribution is -0.181. The van der Waals surface area contributed by atoms with Crippen molar-refractivity contribution in [3.05, 3.63) is 0 Å². The van der Waals surface area contributed by atoms with Gasteiger partial charge in [0.15, 0.2) is 0 Å². The van der Waals surface area contributed by atoms with Gasteiger partial charge < -0.3 is 4.74 Å². The molecule has 1 heterocycles. The van der Waals surface area contributed by atoms with E-state index in [4.69, 9.17) is 16.3 Å². The molecule has 0 aromatic heterocycles. The standard InChI is InChI=1S/C12H24ClNO/c1-10(6-13)7-14-8-11(2,3)15-12(4,5)9-14/h10H,6-9H2,1-5H3. The van der Waals surface area contributed by atoms with Gasteiger partial charge in [0.1, 0.15) is 0 Å². The van der Waals surface area contributed by atoms with Crippen LogP contribution < -0.4 is 0 Å². The second-order valence-electron chi connectivity index (χ2n) is 6.05. The van der Waals surface area contributed by atoms with Crippen molar-refractivity contribution in [2.24, 2.45) is 5.92 Å². The monoisotopic (exact) mass is 233 g/mol. The molecule has 1 unspecified atom stereocenters. The van der Waals surface area contributed by atoms with Crippen LogP contribution in [-0.2, 0) is 4.74 Å². The topological polar surface area (TPSA) is 12.5 Å². The van der Waals surface area contributed by atoms with Crippen LogP contribution in [0.2, 0.25) is 0 Å². The maximum Gasteiger partial charge on any atom is 0.0760 e. The molecule has 1 aliphatic rings. The molecule has 90 valence electrons. The fraction of sp³-hybridized carbons (Fsp3) is 1.00. The summed E-state index contributed by atoms with van der Waals surface area (Å²) < 4.78 is 6.03. The number of hydrogen-bond donors (Lipinski definition) is 0. The second kappa shape index (κ2) is 4.60. The van der Waals surface area contributed by atoms with Gasteiger partial charge in [0.05, 0.1) is 11.2 Å². The molecule has 0 aromatic carbocycles. The minimum absolute atomic E-state index is 0.0478. The second-order valence-corrected chi connectivity index (χ2v) is 6.36. The molecule has 1 saturated heterocycles. The Hall–Kier alpha value is 0.210. The van der Waals surface area contributed by atoms with E-state index >= 15 is 0 Å². The zero-order valence-electron chi connectivity index (χ0n) is 10.6. The minimum Gasteiger partial charge on any atom is -0.367 e. The average molecular weight is 234 g/mol. The fourth-order valence-corrected chi connectivity index (χ4v) is 2.66. The first-order valence-corrected chi connectivity index (χ1v) is 6.26. The summed E-state index contributed by atoms with van der Waals surface area (Å²) in [5.41, 5.74) is -0.0957. The molecule has 2 nitrogen and oxygen atoms in total. The van der Waals surface area contributed by atoms with E-state index in [1.54, 1.807) is 0 Å². The molecule has 3 heteroatoms. The molecule has 0 amide bonds. The highest BCUT2D eigenvalue weighted by atomic mass is 35.5. The lowest BCUT2D eigenvalue weighted by Crippen LogP contribution is -2.57. The molecule has 0 aromatic rings. The smallest absolute Gasteiger partial charge is 0.0760 e. The molecule has 1 atom stereocenters. The SMILES string of the molecule is CC(CCl)CN1CC(C)(C)OC(C)(C)C1. The largest absolute Gasteiger partial charge is 0.367 e. The number of halogens is 1. The first kappa shape index (κ1) is 13.3. The molecule has 1 aliphatic heterocycles. The van der Waals surface area contributed by atoms with Crippen LogP contribution in [0.25, 0.3) is 0 Å². The number of hydrogen-bond acceptors (Lipinski definition) is 2. The Morgan fingerprint density at radius 2 is 1.67 bits per heavy atom. The van der Waals surface area contributed by atoms with Gasteiger partial charge in [0.25, 0.3) is 0 Å². The van der Waals surface area contributed by atoms with Gasteiger partial charge in [-0.05, 0) is 33.6 Å². The fourth-order valence-electron chi connectivity index (χ4n) is 2.56. The Bertz CT molecular complexity index is 200. The molecule has 0 saturated carbocycles. The van der Waals surface area contributed by atoms with Crippen molar-refractivity contribution in [2.45, 2.75) is 45.8 Å². The number of nitrogens with zero attached hydrogens (tertiary/aromatic N) is 1. The van der Waals surface area contributed by atoms with Crippen molar-refractivity contribution in [3.8, 4) is 0 Å². The van der Waals surface area contributed by atoms with Crippen molar-refractivity contribution in [1.82, 2.24) is 4.90 Å². The van der Waals surface area contributed by atoms with Crippen LogP contribution in [-0.4, -0.2) is 41.6 Å². The number of rotatable bonds is 3. The van der Waals surface area contributed by atoms with Gasteiger partial charge in [0.2, 0.25) is 0 Å². The Morgan fingerprint density at radius 1 is 1.20 bits per heavy atom. The van der Waals surface area contributed by atoms with E-state index in [0.717, 1.165) is 25.5 Å². The van der Waals surface area contributed by atoms with Crippen LogP contribution in [0.15, 0.2) is 0 Å². The van der Waals surface area contributed by atoms with E-state index in [2.05, 4.69) is 39.5 Å². The molecule has 0 bridgehead atoms. The molecule has 1 fully saturated rings. The van der Waals surface area contributed by atoms with Crippen molar-refractivity contribution >= 4 is 11.6 Å². The predicted octanol–water partition coefficient (Wildman–Crippen LogP) is 2.75. The molecule has 1 rings (SSSR count). The Kier molecular flexibility index (Phi) is 4.07. The minimum atomic E-state index is -0.0478. The highest BCUT2D eigenvalue weighted by Gasteiger charge is 2.38. The van der Waals surface area contributed by atoms with Gasteiger partial charge in [-0.3, -0.25) is 4.90 Å². The maximum absolute atomic E-state index is 6.03. The maximum atomic E-state index is 6.03. The third-order valence-electron chi connectivity index (χ3n) is 2.59. The van der Waals surface area contributed by atoms with Gasteiger partial charge in [-0.25, -0.2) is 0 Å². The van der Waals surface area contributed by atoms with Crippen molar-refractivity contribution in [3.63, 3.8) is 0 Å². The zero-order chi connectivity index (χ0) is 11.7. The quantitative estimate of drug-likeness (QED) is 0.696. The summed E-state index contributed by atoms with van der Waals surface area (Å²) in [7, 11) is 0. The molecular weight excluding hydrogens is 210 g/mol. The van der Waals surface area contributed by atoms with Crippen molar-refractivity contribution in [1.29, 1.82) is 0 Å². The molecule has 0 radical (unpaired) electrons. The summed E-state index contributed by atoms with van der Waals surface area (Å²) in [4.78, 5) is 2.47. The summed E-state index contributed by atoms with van der Waals surface area (Å²) in [6, 6.07) is 0. The van der Waals surface area contributed by atoms with Gasteiger partial charge in [-0.15, -0.1) is 11.6 Å². The first-order valence-electron chi connectivity index (χ1n) is 5.73. The molecule has 0 aliphatic carbocycles. The Labute approximate surface area is 98.9 Å². The third-order valence-corrected chi connectivity index (χ3v) is 3.12. The summed E-state index contributed by atoms with van der Waals surface area (Å²) in [5, 5.41) is 0. The van der Waals surface area contributed by atoms with Crippen LogP contribution in [0, 0.1) is 5.92 Å². The average Bonchev–Trinajstić information content (AvgIpc) is 1.97. The van der Waals surface area contributed by atoms with E-state index in [9.17, 15) is 0 Å². The lowest BCUT2D eigenvalue weighted by atomic mass is 9.98. The van der Waals surface area contributed by atoms with E-state index < -0.39 is 0 Å². The summed E-state index contributed by atoms with van der Waals surface area (Å²) >= 11 is 5.86. The first-order chi connectivity index (χ1) is 6.74. The van der Waals surface area contributed by atoms with Crippen molar-refractivity contribution in [2.75, 3.05) is 25.5 Å². The van der Waals surface area contributed by atoms with Crippen molar-refractivity contribution < 1.29 is 4.74 Å². The number of morpholine rings is 1. The molecular formula is C12H24ClNO. The van der Waals surface area contributed by atoms with Crippen LogP contribution in [0.4, 0.5) is 0 Å². The number of alkyl halides is 1. The predicted molar refractivity (Wildman–Crippen MR) is 65.6 cm³/mol. The van der Waals surface area contributed by atoms with Gasteiger partial charge >= 0.3 is 0 Å². The summed E-state index contributed by atoms with van der Waals surface area (Å²) in [6.45, 7) is 13.9. The normalized spacial score (nSPS) is 27.6. The Morgan fingerprint density at radius 3 is 2.07 bits per heavy atom. The molecule has 0 spiro atoms. The number of ether oxygens (including phenoxy) is 1. The van der Waals surface area contributed by atoms with Crippen LogP contribution in [0.3, 0.4) is 0 Å². The van der Waals surface area contributed by atoms with E-state index in [0.29, 0.717) is 5.92 Å². The van der Waals surface area contributed by atoms with Gasteiger partial charge in [0, 0.05) is 25.5 Å². The summed E-state index contributed by atoms with van der Waals surface area (Å²) in [6.07, 6.45) is 0. The highest BCUT2D eigenvalue weighted by Crippen LogP contribution is 2.28. The lowest BCUT2D eigenvalue weighted by Gasteiger charge is -2.47. The Balaban J connectivity index is 2.59. The van der Waals surface area contributed by atoms with E-state index in [1.807, 2.05) is 0 Å². The highest BCUT2D eigenvalue weighted by molar-refractivity contribution is 6.18. The summed E-state index contributed by atoms with van der Waals surface area (Å²) in [5.74, 6) is 1.29. The van der Waals surface area contributed by atoms with Gasteiger partial charge in [-0.2, -0.15) is 0 Å².